The molecular weight excluding hydrogens is 466 g/mol. The summed E-state index contributed by atoms with van der Waals surface area (Å²) in [4.78, 5) is 12.8. The Bertz CT molecular complexity index is 1000. The molecule has 0 bridgehead atoms. The molecule has 0 fully saturated rings. The standard InChI is InChI=1S/C23H32O8P2/c1-5-28-32(26,29-6-2)19-12-9-18(10-13-19)11-15-22(24)21-17-20(14-16-23(21)25)33(27,30-7-3)31-8-4/h9-10,12-14,16-17,25H,5-8,11,15H2,1-4H3. The molecule has 33 heavy (non-hydrogen) atoms. The fourth-order valence-corrected chi connectivity index (χ4v) is 6.37. The van der Waals surface area contributed by atoms with Crippen LogP contribution in [0.5, 0.6) is 5.75 Å². The minimum atomic E-state index is -3.58. The van der Waals surface area contributed by atoms with Crippen LogP contribution in [0.25, 0.3) is 0 Å². The maximum atomic E-state index is 13.0. The third kappa shape index (κ3) is 7.10. The number of hydrogen-bond acceptors (Lipinski definition) is 8. The Morgan fingerprint density at radius 2 is 1.21 bits per heavy atom. The van der Waals surface area contributed by atoms with Gasteiger partial charge in [-0.05, 0) is 70.0 Å². The van der Waals surface area contributed by atoms with E-state index in [1.807, 2.05) is 0 Å². The summed E-state index contributed by atoms with van der Waals surface area (Å²) < 4.78 is 47.2. The van der Waals surface area contributed by atoms with Crippen molar-refractivity contribution in [2.45, 2.75) is 40.5 Å². The van der Waals surface area contributed by atoms with Crippen molar-refractivity contribution in [3.8, 4) is 5.75 Å². The summed E-state index contributed by atoms with van der Waals surface area (Å²) in [5, 5.41) is 10.9. The Balaban J connectivity index is 2.16. The van der Waals surface area contributed by atoms with E-state index >= 15 is 0 Å². The molecule has 0 saturated carbocycles. The molecule has 2 aromatic rings. The topological polar surface area (TPSA) is 108 Å². The SMILES string of the molecule is CCOP(=O)(OCC)c1ccc(CCC(=O)c2cc(P(=O)(OCC)OCC)ccc2O)cc1. The average Bonchev–Trinajstić information content (AvgIpc) is 2.78. The van der Waals surface area contributed by atoms with Gasteiger partial charge in [0.2, 0.25) is 0 Å². The van der Waals surface area contributed by atoms with Gasteiger partial charge in [0.1, 0.15) is 5.75 Å². The fourth-order valence-electron chi connectivity index (χ4n) is 3.21. The summed E-state index contributed by atoms with van der Waals surface area (Å²) in [5.74, 6) is -0.514. The molecule has 0 amide bonds. The van der Waals surface area contributed by atoms with Gasteiger partial charge in [-0.2, -0.15) is 0 Å². The van der Waals surface area contributed by atoms with Crippen LogP contribution in [0.3, 0.4) is 0 Å². The average molecular weight is 498 g/mol. The smallest absolute Gasteiger partial charge is 0.361 e. The molecule has 0 unspecified atom stereocenters. The number of hydrogen-bond donors (Lipinski definition) is 1. The summed E-state index contributed by atoms with van der Waals surface area (Å²) in [6.07, 6.45) is 0.503. The van der Waals surface area contributed by atoms with E-state index in [0.29, 0.717) is 11.7 Å². The molecule has 0 aliphatic carbocycles. The number of carbonyl (C=O) groups excluding carboxylic acids is 1. The van der Waals surface area contributed by atoms with Crippen molar-refractivity contribution in [1.82, 2.24) is 0 Å². The van der Waals surface area contributed by atoms with Crippen LogP contribution < -0.4 is 10.6 Å². The van der Waals surface area contributed by atoms with Crippen molar-refractivity contribution >= 4 is 31.6 Å². The number of ketones is 1. The number of benzene rings is 2. The maximum absolute atomic E-state index is 13.0. The number of phenols is 1. The lowest BCUT2D eigenvalue weighted by molar-refractivity contribution is 0.0980. The van der Waals surface area contributed by atoms with Gasteiger partial charge in [0.25, 0.3) is 0 Å². The second-order valence-corrected chi connectivity index (χ2v) is 11.0. The molecule has 0 spiro atoms. The van der Waals surface area contributed by atoms with Crippen LogP contribution in [0.15, 0.2) is 42.5 Å². The highest BCUT2D eigenvalue weighted by Gasteiger charge is 2.29. The lowest BCUT2D eigenvalue weighted by Crippen LogP contribution is -2.13. The Labute approximate surface area is 195 Å². The second-order valence-electron chi connectivity index (χ2n) is 6.96. The van der Waals surface area contributed by atoms with Gasteiger partial charge < -0.3 is 23.2 Å². The Morgan fingerprint density at radius 3 is 1.70 bits per heavy atom. The highest BCUT2D eigenvalue weighted by molar-refractivity contribution is 7.62. The highest BCUT2D eigenvalue weighted by atomic mass is 31.2. The van der Waals surface area contributed by atoms with Crippen LogP contribution in [-0.2, 0) is 33.6 Å². The summed E-state index contributed by atoms with van der Waals surface area (Å²) in [6, 6.07) is 11.0. The third-order valence-corrected chi connectivity index (χ3v) is 8.92. The molecule has 182 valence electrons. The molecule has 0 aliphatic heterocycles. The molecule has 2 rings (SSSR count). The van der Waals surface area contributed by atoms with Gasteiger partial charge in [-0.25, -0.2) is 0 Å². The number of Topliss-reactive ketones (excluding diaryl/α,β-unsaturated/α-hetero) is 1. The summed E-state index contributed by atoms with van der Waals surface area (Å²) in [5.41, 5.74) is 0.900. The summed E-state index contributed by atoms with van der Waals surface area (Å²) in [6.45, 7) is 7.77. The van der Waals surface area contributed by atoms with Crippen LogP contribution in [0.1, 0.15) is 50.0 Å². The number of phenolic OH excluding ortho intramolecular Hbond substituents is 1. The zero-order chi connectivity index (χ0) is 24.5. The monoisotopic (exact) mass is 498 g/mol. The van der Waals surface area contributed by atoms with Crippen molar-refractivity contribution in [2.75, 3.05) is 26.4 Å². The van der Waals surface area contributed by atoms with E-state index in [4.69, 9.17) is 18.1 Å². The van der Waals surface area contributed by atoms with Gasteiger partial charge in [-0.15, -0.1) is 0 Å². The van der Waals surface area contributed by atoms with Gasteiger partial charge in [0, 0.05) is 6.42 Å². The first-order valence-electron chi connectivity index (χ1n) is 11.0. The number of carbonyl (C=O) groups is 1. The van der Waals surface area contributed by atoms with E-state index in [0.717, 1.165) is 5.56 Å². The minimum absolute atomic E-state index is 0.0564. The first-order chi connectivity index (χ1) is 15.7. The second kappa shape index (κ2) is 12.6. The van der Waals surface area contributed by atoms with Crippen molar-refractivity contribution in [2.24, 2.45) is 0 Å². The van der Waals surface area contributed by atoms with Crippen LogP contribution >= 0.6 is 15.2 Å². The predicted octanol–water partition coefficient (Wildman–Crippen LogP) is 4.99. The largest absolute Gasteiger partial charge is 0.507 e. The normalized spacial score (nSPS) is 12.1. The van der Waals surface area contributed by atoms with Crippen molar-refractivity contribution in [3.05, 3.63) is 53.6 Å². The number of aromatic hydroxyl groups is 1. The highest BCUT2D eigenvalue weighted by Crippen LogP contribution is 2.48. The first kappa shape index (κ1) is 27.5. The minimum Gasteiger partial charge on any atom is -0.507 e. The van der Waals surface area contributed by atoms with Crippen LogP contribution in [0, 0.1) is 0 Å². The van der Waals surface area contributed by atoms with Crippen molar-refractivity contribution in [1.29, 1.82) is 0 Å². The van der Waals surface area contributed by atoms with Gasteiger partial charge in [-0.3, -0.25) is 13.9 Å². The molecule has 2 aromatic carbocycles. The van der Waals surface area contributed by atoms with E-state index in [1.54, 1.807) is 52.0 Å². The molecule has 8 nitrogen and oxygen atoms in total. The fraction of sp³-hybridized carbons (Fsp3) is 0.435. The van der Waals surface area contributed by atoms with E-state index in [2.05, 4.69) is 0 Å². The van der Waals surface area contributed by atoms with Crippen molar-refractivity contribution < 1.29 is 37.1 Å². The summed E-state index contributed by atoms with van der Waals surface area (Å²) >= 11 is 0. The van der Waals surface area contributed by atoms with E-state index in [9.17, 15) is 19.0 Å². The van der Waals surface area contributed by atoms with E-state index in [-0.39, 0.29) is 55.2 Å². The Kier molecular flexibility index (Phi) is 10.5. The van der Waals surface area contributed by atoms with Gasteiger partial charge in [0.15, 0.2) is 5.78 Å². The molecule has 0 heterocycles. The molecule has 0 aliphatic rings. The molecule has 1 N–H and O–H groups in total. The Morgan fingerprint density at radius 1 is 0.758 bits per heavy atom. The van der Waals surface area contributed by atoms with Crippen molar-refractivity contribution in [3.63, 3.8) is 0 Å². The third-order valence-electron chi connectivity index (χ3n) is 4.69. The zero-order valence-corrected chi connectivity index (χ0v) is 21.3. The maximum Gasteiger partial charge on any atom is 0.361 e. The quantitative estimate of drug-likeness (QED) is 0.287. The van der Waals surface area contributed by atoms with Gasteiger partial charge in [0.05, 0.1) is 42.6 Å². The summed E-state index contributed by atoms with van der Waals surface area (Å²) in [7, 11) is -6.95. The molecule has 10 heteroatoms. The van der Waals surface area contributed by atoms with E-state index in [1.165, 1.54) is 18.2 Å². The predicted molar refractivity (Wildman–Crippen MR) is 128 cm³/mol. The molecule has 0 atom stereocenters. The van der Waals surface area contributed by atoms with Crippen LogP contribution in [-0.4, -0.2) is 37.3 Å². The van der Waals surface area contributed by atoms with Gasteiger partial charge >= 0.3 is 15.2 Å². The zero-order valence-electron chi connectivity index (χ0n) is 19.5. The lowest BCUT2D eigenvalue weighted by atomic mass is 10.0. The van der Waals surface area contributed by atoms with E-state index < -0.39 is 15.2 Å². The molecule has 0 saturated heterocycles. The Hall–Kier alpha value is -1.79. The van der Waals surface area contributed by atoms with Crippen LogP contribution in [0.4, 0.5) is 0 Å². The lowest BCUT2D eigenvalue weighted by Gasteiger charge is -2.18. The first-order valence-corrected chi connectivity index (χ1v) is 14.1. The van der Waals surface area contributed by atoms with Crippen LogP contribution in [0.2, 0.25) is 0 Å². The number of rotatable bonds is 14. The number of aryl methyl sites for hydroxylation is 1. The molecular formula is C23H32O8P2. The molecule has 0 radical (unpaired) electrons. The van der Waals surface area contributed by atoms with Gasteiger partial charge in [-0.1, -0.05) is 12.1 Å². The molecule has 0 aromatic heterocycles.